The number of nitrogen functional groups attached to an aromatic ring is 1. The number of carbonyl (C=O) groups excluding carboxylic acids is 1. The number of fused-ring (bicyclic) bond motifs is 7. The largest absolute Gasteiger partial charge is 0.396 e. The summed E-state index contributed by atoms with van der Waals surface area (Å²) in [5.41, 5.74) is 11.4. The molecule has 264 valence electrons. The highest BCUT2D eigenvalue weighted by Gasteiger charge is 2.27. The highest BCUT2D eigenvalue weighted by atomic mass is 32.2. The van der Waals surface area contributed by atoms with Gasteiger partial charge in [-0.15, -0.1) is 0 Å². The predicted molar refractivity (Wildman–Crippen MR) is 197 cm³/mol. The number of hydrogen-bond acceptors (Lipinski definition) is 11. The number of nitrogens with zero attached hydrogens (tertiary/aromatic N) is 4. The van der Waals surface area contributed by atoms with Crippen LogP contribution in [0.25, 0.3) is 32.7 Å². The van der Waals surface area contributed by atoms with E-state index in [1.54, 1.807) is 30.7 Å². The van der Waals surface area contributed by atoms with Gasteiger partial charge in [0.05, 0.1) is 39.8 Å². The molecule has 9 N–H and O–H groups in total. The van der Waals surface area contributed by atoms with E-state index >= 15 is 0 Å². The van der Waals surface area contributed by atoms with E-state index < -0.39 is 30.6 Å². The van der Waals surface area contributed by atoms with Crippen LogP contribution in [0.15, 0.2) is 95.8 Å². The van der Waals surface area contributed by atoms with Crippen molar-refractivity contribution in [2.45, 2.75) is 13.0 Å². The van der Waals surface area contributed by atoms with E-state index in [1.165, 1.54) is 6.21 Å². The number of nitrogens with two attached hydrogens (primary N) is 3. The quantitative estimate of drug-likeness (QED) is 0.105. The van der Waals surface area contributed by atoms with Gasteiger partial charge in [0, 0.05) is 51.9 Å². The van der Waals surface area contributed by atoms with Crippen LogP contribution in [-0.2, 0) is 30.6 Å². The van der Waals surface area contributed by atoms with Crippen molar-refractivity contribution in [2.75, 3.05) is 15.2 Å². The summed E-state index contributed by atoms with van der Waals surface area (Å²) in [6.07, 6.45) is 7.01. The zero-order chi connectivity index (χ0) is 37.0. The molecule has 0 saturated heterocycles. The Morgan fingerprint density at radius 2 is 1.24 bits per heavy atom. The fourth-order valence-corrected chi connectivity index (χ4v) is 6.94. The van der Waals surface area contributed by atoms with Crippen molar-refractivity contribution in [1.29, 1.82) is 0 Å². The Morgan fingerprint density at radius 1 is 0.725 bits per heavy atom. The highest BCUT2D eigenvalue weighted by molar-refractivity contribution is 7.91. The van der Waals surface area contributed by atoms with Crippen LogP contribution >= 0.6 is 0 Å². The molecule has 3 aromatic heterocycles. The minimum absolute atomic E-state index is 0.248. The monoisotopic (exact) mass is 750 g/mol. The van der Waals surface area contributed by atoms with Crippen molar-refractivity contribution in [3.8, 4) is 0 Å². The summed E-state index contributed by atoms with van der Waals surface area (Å²) in [7, 11) is -10.8. The van der Waals surface area contributed by atoms with Crippen LogP contribution in [0.1, 0.15) is 34.5 Å². The van der Waals surface area contributed by atoms with Crippen LogP contribution in [0.4, 0.5) is 17.1 Å². The third-order valence-corrected chi connectivity index (χ3v) is 9.17. The van der Waals surface area contributed by atoms with Gasteiger partial charge in [0.1, 0.15) is 0 Å². The van der Waals surface area contributed by atoms with Crippen LogP contribution in [0, 0.1) is 0 Å². The van der Waals surface area contributed by atoms with Gasteiger partial charge >= 0.3 is 10.2 Å². The van der Waals surface area contributed by atoms with Crippen molar-refractivity contribution in [2.24, 2.45) is 14.7 Å². The average molecular weight is 751 g/mol. The topological polar surface area (TPSA) is 285 Å². The molecule has 2 aliphatic rings. The van der Waals surface area contributed by atoms with Crippen molar-refractivity contribution in [3.05, 3.63) is 108 Å². The molecule has 2 aliphatic heterocycles. The molecule has 51 heavy (non-hydrogen) atoms. The summed E-state index contributed by atoms with van der Waals surface area (Å²) in [5, 5.41) is 11.0. The number of aromatic nitrogens is 3. The summed E-state index contributed by atoms with van der Waals surface area (Å²) < 4.78 is 75.1. The first kappa shape index (κ1) is 36.6. The number of aldehydes is 1. The Labute approximate surface area is 292 Å². The maximum atomic E-state index is 11.6. The highest BCUT2D eigenvalue weighted by Crippen LogP contribution is 2.34. The molecule has 1 atom stereocenters. The average Bonchev–Trinajstić information content (AvgIpc) is 3.07. The third-order valence-electron chi connectivity index (χ3n) is 7.18. The Morgan fingerprint density at radius 3 is 1.82 bits per heavy atom. The first-order valence-corrected chi connectivity index (χ1v) is 19.1. The zero-order valence-electron chi connectivity index (χ0n) is 26.5. The SMILES string of the molecule is CC1NS(=O)(=O)Nc2c1ccc1cccnc21.NS(N)(=O)=O.Nc1c(C=O)ccc2cccnc12.O=S1(=O)N=Cc2ccc3cccnc3c2N1. The van der Waals surface area contributed by atoms with Gasteiger partial charge in [-0.1, -0.05) is 48.5 Å². The summed E-state index contributed by atoms with van der Waals surface area (Å²) in [6.45, 7) is 1.81. The Bertz CT molecular complexity index is 2650. The van der Waals surface area contributed by atoms with E-state index in [0.29, 0.717) is 39.2 Å². The van der Waals surface area contributed by atoms with E-state index in [-0.39, 0.29) is 6.04 Å². The second kappa shape index (κ2) is 14.7. The van der Waals surface area contributed by atoms with E-state index in [0.717, 1.165) is 33.6 Å². The Balaban J connectivity index is 0.000000140. The van der Waals surface area contributed by atoms with Gasteiger partial charge in [0.15, 0.2) is 6.29 Å². The lowest BCUT2D eigenvalue weighted by atomic mass is 10.0. The number of benzene rings is 3. The molecule has 8 rings (SSSR count). The molecule has 1 unspecified atom stereocenters. The molecule has 3 aromatic carbocycles. The second-order valence-electron chi connectivity index (χ2n) is 10.8. The predicted octanol–water partition coefficient (Wildman–Crippen LogP) is 2.66. The van der Waals surface area contributed by atoms with E-state index in [2.05, 4.69) is 43.8 Å². The van der Waals surface area contributed by atoms with Crippen molar-refractivity contribution in [1.82, 2.24) is 19.7 Å². The molecule has 0 spiro atoms. The third kappa shape index (κ3) is 9.13. The molecular formula is C31H30N10O7S3. The molecule has 0 aliphatic carbocycles. The Hall–Kier alpha value is -5.64. The van der Waals surface area contributed by atoms with Crippen LogP contribution in [-0.4, -0.2) is 52.7 Å². The molecule has 0 fully saturated rings. The van der Waals surface area contributed by atoms with E-state index in [9.17, 15) is 30.0 Å². The van der Waals surface area contributed by atoms with Gasteiger partial charge in [-0.2, -0.15) is 34.4 Å². The first-order valence-electron chi connectivity index (χ1n) is 14.6. The summed E-state index contributed by atoms with van der Waals surface area (Å²) in [5.74, 6) is 0. The lowest BCUT2D eigenvalue weighted by molar-refractivity contribution is 0.112. The standard InChI is InChI=1S/C11H11N3O2S.C10H7N3O2S.C10H8N2O.H4N2O2S/c1-7-9-5-4-8-3-2-6-12-10(8)11(9)14-17(15,16)13-7;14-16(15)12-6-8-4-3-7-2-1-5-11-9(7)10(8)13-16;11-9-8(6-13)4-3-7-2-1-5-12-10(7)9;1-5(2,3)4/h2-7,13-14H,1H3;1-6,13H;1-6H,11H2;(H4,1,2,3,4). The van der Waals surface area contributed by atoms with Gasteiger partial charge in [-0.3, -0.25) is 29.2 Å². The molecular weight excluding hydrogens is 721 g/mol. The van der Waals surface area contributed by atoms with Gasteiger partial charge in [0.2, 0.25) is 0 Å². The van der Waals surface area contributed by atoms with Gasteiger partial charge in [0.25, 0.3) is 20.4 Å². The molecule has 6 aromatic rings. The van der Waals surface area contributed by atoms with Crippen LogP contribution in [0.2, 0.25) is 0 Å². The number of rotatable bonds is 1. The summed E-state index contributed by atoms with van der Waals surface area (Å²) in [4.78, 5) is 23.1. The maximum absolute atomic E-state index is 11.6. The maximum Gasteiger partial charge on any atom is 0.342 e. The number of nitrogens with one attached hydrogen (secondary N) is 3. The number of carbonyl (C=O) groups is 1. The second-order valence-corrected chi connectivity index (χ2v) is 14.8. The lowest BCUT2D eigenvalue weighted by Gasteiger charge is -2.25. The smallest absolute Gasteiger partial charge is 0.342 e. The zero-order valence-corrected chi connectivity index (χ0v) is 28.9. The number of hydrogen-bond donors (Lipinski definition) is 6. The summed E-state index contributed by atoms with van der Waals surface area (Å²) >= 11 is 0. The molecule has 0 radical (unpaired) electrons. The fourth-order valence-electron chi connectivity index (χ4n) is 5.03. The minimum atomic E-state index is -3.67. The van der Waals surface area contributed by atoms with Crippen LogP contribution in [0.3, 0.4) is 0 Å². The molecule has 17 nitrogen and oxygen atoms in total. The van der Waals surface area contributed by atoms with Gasteiger partial charge in [-0.25, -0.2) is 10.3 Å². The molecule has 0 saturated carbocycles. The number of pyridine rings is 3. The fraction of sp³-hybridized carbons (Fsp3) is 0.0645. The van der Waals surface area contributed by atoms with E-state index in [4.69, 9.17) is 5.73 Å². The Kier molecular flexibility index (Phi) is 10.5. The summed E-state index contributed by atoms with van der Waals surface area (Å²) in [6, 6.07) is 22.0. The minimum Gasteiger partial charge on any atom is -0.396 e. The van der Waals surface area contributed by atoms with Crippen molar-refractivity contribution in [3.63, 3.8) is 0 Å². The molecule has 5 heterocycles. The number of anilines is 3. The van der Waals surface area contributed by atoms with Gasteiger partial charge < -0.3 is 5.73 Å². The van der Waals surface area contributed by atoms with E-state index in [1.807, 2.05) is 67.6 Å². The molecule has 20 heteroatoms. The molecule has 0 amide bonds. The van der Waals surface area contributed by atoms with Crippen molar-refractivity contribution >= 4 is 92.9 Å². The van der Waals surface area contributed by atoms with Crippen LogP contribution < -0.4 is 30.2 Å². The first-order chi connectivity index (χ1) is 24.0. The lowest BCUT2D eigenvalue weighted by Crippen LogP contribution is -2.37. The van der Waals surface area contributed by atoms with Gasteiger partial charge in [-0.05, 0) is 36.8 Å². The van der Waals surface area contributed by atoms with Crippen molar-refractivity contribution < 1.29 is 30.0 Å². The molecule has 0 bridgehead atoms. The van der Waals surface area contributed by atoms with Crippen LogP contribution in [0.5, 0.6) is 0 Å². The normalized spacial score (nSPS) is 16.3.